The number of rotatable bonds is 4. The molecule has 0 aromatic carbocycles. The number of aromatic nitrogens is 2. The van der Waals surface area contributed by atoms with E-state index in [1.165, 1.54) is 13.2 Å². The summed E-state index contributed by atoms with van der Waals surface area (Å²) in [5.41, 5.74) is 0.451. The monoisotopic (exact) mass is 267 g/mol. The Morgan fingerprint density at radius 3 is 3.16 bits per heavy atom. The third-order valence-electron chi connectivity index (χ3n) is 2.89. The lowest BCUT2D eigenvalue weighted by molar-refractivity contribution is -0.401. The van der Waals surface area contributed by atoms with Crippen LogP contribution >= 0.6 is 0 Å². The van der Waals surface area contributed by atoms with Crippen molar-refractivity contribution in [1.82, 2.24) is 9.78 Å². The molecule has 2 atom stereocenters. The zero-order valence-corrected chi connectivity index (χ0v) is 10.3. The van der Waals surface area contributed by atoms with Crippen LogP contribution in [0.25, 0.3) is 6.08 Å². The second-order valence-corrected chi connectivity index (χ2v) is 4.06. The van der Waals surface area contributed by atoms with E-state index in [0.717, 1.165) is 6.20 Å². The maximum atomic E-state index is 11.6. The molecule has 19 heavy (non-hydrogen) atoms. The van der Waals surface area contributed by atoms with Gasteiger partial charge in [-0.05, 0) is 6.07 Å². The Bertz CT molecular complexity index is 510. The van der Waals surface area contributed by atoms with Gasteiger partial charge < -0.3 is 9.47 Å². The van der Waals surface area contributed by atoms with E-state index in [4.69, 9.17) is 9.47 Å². The van der Waals surface area contributed by atoms with Crippen LogP contribution in [0.4, 0.5) is 0 Å². The molecule has 102 valence electrons. The predicted octanol–water partition coefficient (Wildman–Crippen LogP) is 0.491. The number of nitro groups is 1. The van der Waals surface area contributed by atoms with Gasteiger partial charge in [0.05, 0.1) is 37.0 Å². The highest BCUT2D eigenvalue weighted by molar-refractivity contribution is 5.73. The maximum absolute atomic E-state index is 11.6. The second kappa shape index (κ2) is 5.61. The number of carbonyl (C=O) groups excluding carboxylic acids is 1. The van der Waals surface area contributed by atoms with Gasteiger partial charge in [0.25, 0.3) is 0 Å². The predicted molar refractivity (Wildman–Crippen MR) is 63.6 cm³/mol. The van der Waals surface area contributed by atoms with Gasteiger partial charge in [-0.1, -0.05) is 0 Å². The van der Waals surface area contributed by atoms with E-state index in [2.05, 4.69) is 5.10 Å². The minimum atomic E-state index is -0.561. The summed E-state index contributed by atoms with van der Waals surface area (Å²) < 4.78 is 11.6. The van der Waals surface area contributed by atoms with Crippen molar-refractivity contribution < 1.29 is 19.2 Å². The first-order valence-electron chi connectivity index (χ1n) is 5.64. The van der Waals surface area contributed by atoms with E-state index in [0.29, 0.717) is 12.3 Å². The van der Waals surface area contributed by atoms with Gasteiger partial charge >= 0.3 is 5.97 Å². The molecule has 0 N–H and O–H groups in total. The van der Waals surface area contributed by atoms with E-state index in [9.17, 15) is 14.9 Å². The smallest absolute Gasteiger partial charge is 0.313 e. The van der Waals surface area contributed by atoms with Crippen molar-refractivity contribution in [1.29, 1.82) is 0 Å². The standard InChI is InChI=1S/C11H13N3O5/c1-18-11(15)9-6-19-7-10(9)13-4-2-8(12-13)3-5-14(16)17/h2-5,9-10H,6-7H2,1H3. The topological polar surface area (TPSA) is 96.5 Å². The Hall–Kier alpha value is -2.22. The molecule has 0 saturated carbocycles. The van der Waals surface area contributed by atoms with Crippen molar-refractivity contribution in [2.45, 2.75) is 6.04 Å². The van der Waals surface area contributed by atoms with Gasteiger partial charge in [-0.15, -0.1) is 0 Å². The van der Waals surface area contributed by atoms with Crippen LogP contribution in [0.1, 0.15) is 11.7 Å². The summed E-state index contributed by atoms with van der Waals surface area (Å²) >= 11 is 0. The molecule has 0 radical (unpaired) electrons. The van der Waals surface area contributed by atoms with Crippen molar-refractivity contribution >= 4 is 12.0 Å². The SMILES string of the molecule is COC(=O)C1COCC1n1ccc(C=C[N+](=O)[O-])n1. The highest BCUT2D eigenvalue weighted by Crippen LogP contribution is 2.26. The Morgan fingerprint density at radius 2 is 2.47 bits per heavy atom. The first-order valence-corrected chi connectivity index (χ1v) is 5.64. The lowest BCUT2D eigenvalue weighted by atomic mass is 10.0. The molecule has 8 nitrogen and oxygen atoms in total. The van der Waals surface area contributed by atoms with Crippen LogP contribution in [-0.2, 0) is 14.3 Å². The third-order valence-corrected chi connectivity index (χ3v) is 2.89. The summed E-state index contributed by atoms with van der Waals surface area (Å²) in [7, 11) is 1.33. The second-order valence-electron chi connectivity index (χ2n) is 4.06. The van der Waals surface area contributed by atoms with Crippen molar-refractivity contribution in [3.05, 3.63) is 34.3 Å². The molecule has 1 aromatic rings. The summed E-state index contributed by atoms with van der Waals surface area (Å²) in [6, 6.07) is 1.39. The van der Waals surface area contributed by atoms with E-state index in [-0.39, 0.29) is 18.6 Å². The minimum absolute atomic E-state index is 0.245. The summed E-state index contributed by atoms with van der Waals surface area (Å²) in [6.45, 7) is 0.650. The van der Waals surface area contributed by atoms with Crippen molar-refractivity contribution in [3.63, 3.8) is 0 Å². The molecule has 0 bridgehead atoms. The summed E-state index contributed by atoms with van der Waals surface area (Å²) in [5.74, 6) is -0.752. The molecule has 1 aliphatic heterocycles. The van der Waals surface area contributed by atoms with Gasteiger partial charge in [-0.3, -0.25) is 19.6 Å². The number of esters is 1. The first kappa shape index (κ1) is 13.2. The summed E-state index contributed by atoms with van der Waals surface area (Å²) in [5, 5.41) is 14.4. The summed E-state index contributed by atoms with van der Waals surface area (Å²) in [4.78, 5) is 21.2. The Balaban J connectivity index is 2.13. The van der Waals surface area contributed by atoms with Crippen molar-refractivity contribution in [3.8, 4) is 0 Å². The average molecular weight is 267 g/mol. The molecular formula is C11H13N3O5. The zero-order valence-electron chi connectivity index (χ0n) is 10.3. The Labute approximate surface area is 108 Å². The molecule has 2 heterocycles. The Kier molecular flexibility index (Phi) is 3.91. The molecule has 0 spiro atoms. The number of carbonyl (C=O) groups is 1. The number of nitrogens with zero attached hydrogens (tertiary/aromatic N) is 3. The van der Waals surface area contributed by atoms with Crippen LogP contribution in [0.3, 0.4) is 0 Å². The van der Waals surface area contributed by atoms with E-state index >= 15 is 0 Å². The largest absolute Gasteiger partial charge is 0.469 e. The fourth-order valence-electron chi connectivity index (χ4n) is 1.94. The summed E-state index contributed by atoms with van der Waals surface area (Å²) in [6.07, 6.45) is 3.77. The highest BCUT2D eigenvalue weighted by atomic mass is 16.6. The molecule has 1 fully saturated rings. The number of hydrogen-bond acceptors (Lipinski definition) is 6. The van der Waals surface area contributed by atoms with Crippen molar-refractivity contribution in [2.75, 3.05) is 20.3 Å². The molecule has 1 saturated heterocycles. The van der Waals surface area contributed by atoms with Crippen LogP contribution in [-0.4, -0.2) is 41.0 Å². The molecule has 0 amide bonds. The molecule has 2 unspecified atom stereocenters. The number of hydrogen-bond donors (Lipinski definition) is 0. The quantitative estimate of drug-likeness (QED) is 0.447. The van der Waals surface area contributed by atoms with Gasteiger partial charge in [0, 0.05) is 12.3 Å². The van der Waals surface area contributed by atoms with Crippen LogP contribution < -0.4 is 0 Å². The zero-order chi connectivity index (χ0) is 13.8. The van der Waals surface area contributed by atoms with Crippen LogP contribution in [0.15, 0.2) is 18.5 Å². The third kappa shape index (κ3) is 2.97. The van der Waals surface area contributed by atoms with Crippen LogP contribution in [0, 0.1) is 16.0 Å². The average Bonchev–Trinajstić information content (AvgIpc) is 3.03. The molecule has 1 aliphatic rings. The first-order chi connectivity index (χ1) is 9.11. The van der Waals surface area contributed by atoms with E-state index in [1.807, 2.05) is 0 Å². The fraction of sp³-hybridized carbons (Fsp3) is 0.455. The fourth-order valence-corrected chi connectivity index (χ4v) is 1.94. The van der Waals surface area contributed by atoms with Gasteiger partial charge in [0.1, 0.15) is 5.92 Å². The maximum Gasteiger partial charge on any atom is 0.313 e. The molecule has 8 heteroatoms. The molecule has 2 rings (SSSR count). The molecule has 0 aliphatic carbocycles. The lowest BCUT2D eigenvalue weighted by Crippen LogP contribution is -2.26. The van der Waals surface area contributed by atoms with Crippen LogP contribution in [0.5, 0.6) is 0 Å². The molecular weight excluding hydrogens is 254 g/mol. The van der Waals surface area contributed by atoms with Crippen LogP contribution in [0.2, 0.25) is 0 Å². The van der Waals surface area contributed by atoms with Crippen molar-refractivity contribution in [2.24, 2.45) is 5.92 Å². The minimum Gasteiger partial charge on any atom is -0.469 e. The number of methoxy groups -OCH3 is 1. The van der Waals surface area contributed by atoms with E-state index in [1.54, 1.807) is 16.9 Å². The Morgan fingerprint density at radius 1 is 1.68 bits per heavy atom. The van der Waals surface area contributed by atoms with Gasteiger partial charge in [0.15, 0.2) is 0 Å². The van der Waals surface area contributed by atoms with E-state index < -0.39 is 10.8 Å². The number of ether oxygens (including phenoxy) is 2. The normalized spacial score (nSPS) is 22.8. The highest BCUT2D eigenvalue weighted by Gasteiger charge is 2.36. The molecule has 1 aromatic heterocycles. The van der Waals surface area contributed by atoms with Gasteiger partial charge in [-0.25, -0.2) is 0 Å². The van der Waals surface area contributed by atoms with Gasteiger partial charge in [0.2, 0.25) is 6.20 Å². The lowest BCUT2D eigenvalue weighted by Gasteiger charge is -2.15. The van der Waals surface area contributed by atoms with Gasteiger partial charge in [-0.2, -0.15) is 5.10 Å².